The molecular formula is C16H16ClNO3. The van der Waals surface area contributed by atoms with Gasteiger partial charge in [0.2, 0.25) is 0 Å². The van der Waals surface area contributed by atoms with E-state index in [1.807, 2.05) is 30.3 Å². The number of hydrogen-bond donors (Lipinski definition) is 1. The summed E-state index contributed by atoms with van der Waals surface area (Å²) in [6.45, 7) is 2.13. The zero-order valence-electron chi connectivity index (χ0n) is 11.8. The van der Waals surface area contributed by atoms with Crippen LogP contribution in [0.25, 0.3) is 0 Å². The van der Waals surface area contributed by atoms with Crippen molar-refractivity contribution in [2.24, 2.45) is 5.16 Å². The summed E-state index contributed by atoms with van der Waals surface area (Å²) >= 11 is 5.84. The molecule has 2 aromatic rings. The molecule has 2 rings (SSSR count). The average Bonchev–Trinajstić information content (AvgIpc) is 2.53. The maximum absolute atomic E-state index is 8.80. The average molecular weight is 306 g/mol. The summed E-state index contributed by atoms with van der Waals surface area (Å²) in [6.07, 6.45) is 0. The monoisotopic (exact) mass is 305 g/mol. The van der Waals surface area contributed by atoms with Crippen molar-refractivity contribution in [2.45, 2.75) is 13.5 Å². The van der Waals surface area contributed by atoms with E-state index in [1.165, 1.54) is 0 Å². The molecule has 0 aliphatic rings. The highest BCUT2D eigenvalue weighted by molar-refractivity contribution is 6.30. The van der Waals surface area contributed by atoms with Crippen molar-refractivity contribution in [2.75, 3.05) is 7.11 Å². The first-order chi connectivity index (χ1) is 10.1. The van der Waals surface area contributed by atoms with E-state index in [2.05, 4.69) is 5.16 Å². The van der Waals surface area contributed by atoms with Crippen molar-refractivity contribution in [1.29, 1.82) is 0 Å². The molecule has 0 aliphatic carbocycles. The summed E-state index contributed by atoms with van der Waals surface area (Å²) in [5.74, 6) is 1.21. The van der Waals surface area contributed by atoms with Gasteiger partial charge in [-0.2, -0.15) is 0 Å². The summed E-state index contributed by atoms with van der Waals surface area (Å²) < 4.78 is 11.1. The van der Waals surface area contributed by atoms with Crippen LogP contribution in [0.15, 0.2) is 47.6 Å². The van der Waals surface area contributed by atoms with Gasteiger partial charge in [-0.3, -0.25) is 0 Å². The van der Waals surface area contributed by atoms with Gasteiger partial charge in [0.1, 0.15) is 6.61 Å². The second-order valence-electron chi connectivity index (χ2n) is 4.47. The molecule has 21 heavy (non-hydrogen) atoms. The quantitative estimate of drug-likeness (QED) is 0.513. The van der Waals surface area contributed by atoms with Crippen molar-refractivity contribution in [1.82, 2.24) is 0 Å². The zero-order valence-corrected chi connectivity index (χ0v) is 12.6. The fraction of sp³-hybridized carbons (Fsp3) is 0.188. The predicted octanol–water partition coefficient (Wildman–Crippen LogP) is 4.13. The molecule has 0 amide bonds. The summed E-state index contributed by atoms with van der Waals surface area (Å²) in [5, 5.41) is 12.7. The van der Waals surface area contributed by atoms with Crippen molar-refractivity contribution >= 4 is 17.3 Å². The van der Waals surface area contributed by atoms with Crippen LogP contribution in [-0.2, 0) is 6.61 Å². The molecule has 0 heterocycles. The van der Waals surface area contributed by atoms with Gasteiger partial charge in [-0.15, -0.1) is 0 Å². The summed E-state index contributed by atoms with van der Waals surface area (Å²) in [7, 11) is 1.57. The van der Waals surface area contributed by atoms with Crippen LogP contribution in [0.4, 0.5) is 0 Å². The van der Waals surface area contributed by atoms with E-state index in [4.69, 9.17) is 26.3 Å². The predicted molar refractivity (Wildman–Crippen MR) is 82.8 cm³/mol. The maximum Gasteiger partial charge on any atom is 0.161 e. The molecule has 0 spiro atoms. The van der Waals surface area contributed by atoms with Gasteiger partial charge in [0.05, 0.1) is 12.8 Å². The summed E-state index contributed by atoms with van der Waals surface area (Å²) in [6, 6.07) is 12.8. The van der Waals surface area contributed by atoms with E-state index in [-0.39, 0.29) is 0 Å². The van der Waals surface area contributed by atoms with Crippen molar-refractivity contribution < 1.29 is 14.7 Å². The minimum atomic E-state index is 0.417. The Labute approximate surface area is 128 Å². The Kier molecular flexibility index (Phi) is 5.06. The van der Waals surface area contributed by atoms with E-state index in [1.54, 1.807) is 26.2 Å². The first kappa shape index (κ1) is 15.2. The third-order valence-electron chi connectivity index (χ3n) is 3.04. The first-order valence-electron chi connectivity index (χ1n) is 6.38. The smallest absolute Gasteiger partial charge is 0.161 e. The Morgan fingerprint density at radius 1 is 1.14 bits per heavy atom. The van der Waals surface area contributed by atoms with Crippen LogP contribution < -0.4 is 9.47 Å². The van der Waals surface area contributed by atoms with Crippen molar-refractivity contribution in [3.8, 4) is 11.5 Å². The normalized spacial score (nSPS) is 11.3. The molecular weight excluding hydrogens is 290 g/mol. The fourth-order valence-electron chi connectivity index (χ4n) is 1.81. The Morgan fingerprint density at radius 2 is 1.86 bits per heavy atom. The van der Waals surface area contributed by atoms with Crippen LogP contribution in [0, 0.1) is 0 Å². The number of methoxy groups -OCH3 is 1. The maximum atomic E-state index is 8.80. The zero-order chi connectivity index (χ0) is 15.2. The number of rotatable bonds is 5. The second-order valence-corrected chi connectivity index (χ2v) is 4.90. The van der Waals surface area contributed by atoms with Crippen LogP contribution in [0.5, 0.6) is 11.5 Å². The van der Waals surface area contributed by atoms with Crippen LogP contribution in [0.1, 0.15) is 18.1 Å². The van der Waals surface area contributed by atoms with Gasteiger partial charge in [0.15, 0.2) is 11.5 Å². The molecule has 0 bridgehead atoms. The Balaban J connectivity index is 2.14. The third-order valence-corrected chi connectivity index (χ3v) is 3.29. The third kappa shape index (κ3) is 3.89. The largest absolute Gasteiger partial charge is 0.493 e. The molecule has 4 nitrogen and oxygen atoms in total. The highest BCUT2D eigenvalue weighted by Crippen LogP contribution is 2.29. The number of hydrogen-bond acceptors (Lipinski definition) is 4. The number of benzene rings is 2. The molecule has 0 atom stereocenters. The van der Waals surface area contributed by atoms with E-state index in [0.29, 0.717) is 28.8 Å². The Bertz CT molecular complexity index is 638. The van der Waals surface area contributed by atoms with Gasteiger partial charge in [-0.25, -0.2) is 0 Å². The number of oxime groups is 1. The molecule has 110 valence electrons. The molecule has 0 radical (unpaired) electrons. The lowest BCUT2D eigenvalue weighted by molar-refractivity contribution is 0.284. The lowest BCUT2D eigenvalue weighted by Crippen LogP contribution is -2.00. The molecule has 1 N–H and O–H groups in total. The lowest BCUT2D eigenvalue weighted by atomic mass is 10.1. The number of ether oxygens (including phenoxy) is 2. The summed E-state index contributed by atoms with van der Waals surface area (Å²) in [4.78, 5) is 0. The van der Waals surface area contributed by atoms with Gasteiger partial charge in [-0.1, -0.05) is 28.9 Å². The highest BCUT2D eigenvalue weighted by Gasteiger charge is 2.08. The lowest BCUT2D eigenvalue weighted by Gasteiger charge is -2.12. The molecule has 0 saturated heterocycles. The highest BCUT2D eigenvalue weighted by atomic mass is 35.5. The molecule has 0 unspecified atom stereocenters. The van der Waals surface area contributed by atoms with E-state index in [9.17, 15) is 0 Å². The van der Waals surface area contributed by atoms with E-state index in [0.717, 1.165) is 11.1 Å². The van der Waals surface area contributed by atoms with Gasteiger partial charge >= 0.3 is 0 Å². The van der Waals surface area contributed by atoms with Gasteiger partial charge in [-0.05, 0) is 42.8 Å². The van der Waals surface area contributed by atoms with Crippen LogP contribution in [0.3, 0.4) is 0 Å². The van der Waals surface area contributed by atoms with Gasteiger partial charge < -0.3 is 14.7 Å². The topological polar surface area (TPSA) is 51.0 Å². The summed E-state index contributed by atoms with van der Waals surface area (Å²) in [5.41, 5.74) is 2.30. The minimum absolute atomic E-state index is 0.417. The number of nitrogens with zero attached hydrogens (tertiary/aromatic N) is 1. The SMILES string of the molecule is COc1cc(/C(C)=N/O)ccc1OCc1ccc(Cl)cc1. The molecule has 0 aliphatic heterocycles. The standard InChI is InChI=1S/C16H16ClNO3/c1-11(18-19)13-5-8-15(16(9-13)20-2)21-10-12-3-6-14(17)7-4-12/h3-9,19H,10H2,1-2H3/b18-11+. The van der Waals surface area contributed by atoms with Gasteiger partial charge in [0, 0.05) is 10.6 Å². The molecule has 0 fully saturated rings. The van der Waals surface area contributed by atoms with E-state index < -0.39 is 0 Å². The van der Waals surface area contributed by atoms with Crippen LogP contribution >= 0.6 is 11.6 Å². The fourth-order valence-corrected chi connectivity index (χ4v) is 1.94. The molecule has 2 aromatic carbocycles. The van der Waals surface area contributed by atoms with Crippen molar-refractivity contribution in [3.05, 3.63) is 58.6 Å². The van der Waals surface area contributed by atoms with E-state index >= 15 is 0 Å². The van der Waals surface area contributed by atoms with Gasteiger partial charge in [0.25, 0.3) is 0 Å². The number of halogens is 1. The Hall–Kier alpha value is -2.20. The Morgan fingerprint density at radius 3 is 2.48 bits per heavy atom. The minimum Gasteiger partial charge on any atom is -0.493 e. The van der Waals surface area contributed by atoms with Crippen molar-refractivity contribution in [3.63, 3.8) is 0 Å². The first-order valence-corrected chi connectivity index (χ1v) is 6.76. The molecule has 0 saturated carbocycles. The molecule has 5 heteroatoms. The van der Waals surface area contributed by atoms with Crippen LogP contribution in [-0.4, -0.2) is 18.0 Å². The second kappa shape index (κ2) is 6.99. The molecule has 0 aromatic heterocycles. The van der Waals surface area contributed by atoms with Crippen LogP contribution in [0.2, 0.25) is 5.02 Å².